The molecule has 0 fully saturated rings. The van der Waals surface area contributed by atoms with E-state index in [2.05, 4.69) is 20.9 Å². The fraction of sp³-hybridized carbons (Fsp3) is 0.750. The summed E-state index contributed by atoms with van der Waals surface area (Å²) in [5.41, 5.74) is 16.3. The van der Waals surface area contributed by atoms with Crippen LogP contribution in [0, 0.1) is 5.92 Å². The maximum Gasteiger partial charge on any atom is 0.328 e. The van der Waals surface area contributed by atoms with Gasteiger partial charge in [-0.05, 0) is 32.6 Å². The van der Waals surface area contributed by atoms with E-state index in [0.29, 0.717) is 12.8 Å². The van der Waals surface area contributed by atoms with E-state index < -0.39 is 66.0 Å². The molecule has 0 spiro atoms. The standard InChI is InChI=1S/C20H39N7O7/c1-5-9(2)13(17(31)27-15(11(4)29)19(33)34)25-18(32)14(10(3)28)26-16(30)12(21)7-6-8-24-20(22)23/h9-15,28-29H,5-8,21H2,1-4H3,(H,25,32)(H,26,30)(H,27,31)(H,33,34)(H4,22,23,24). The number of nitrogens with one attached hydrogen (secondary N) is 3. The quantitative estimate of drug-likeness (QED) is 0.0629. The van der Waals surface area contributed by atoms with Crippen molar-refractivity contribution in [3.63, 3.8) is 0 Å². The number of carboxylic acids is 1. The lowest BCUT2D eigenvalue weighted by molar-refractivity contribution is -0.145. The van der Waals surface area contributed by atoms with E-state index in [-0.39, 0.29) is 18.9 Å². The molecule has 0 aromatic rings. The number of hydrogen-bond donors (Lipinski definition) is 9. The van der Waals surface area contributed by atoms with E-state index in [4.69, 9.17) is 17.2 Å². The van der Waals surface area contributed by atoms with Crippen LogP contribution in [0.4, 0.5) is 0 Å². The van der Waals surface area contributed by atoms with Crippen LogP contribution >= 0.6 is 0 Å². The molecular formula is C20H39N7O7. The van der Waals surface area contributed by atoms with Crippen molar-refractivity contribution in [1.29, 1.82) is 0 Å². The van der Waals surface area contributed by atoms with Gasteiger partial charge >= 0.3 is 5.97 Å². The molecule has 0 saturated carbocycles. The number of guanidine groups is 1. The van der Waals surface area contributed by atoms with Crippen LogP contribution in [0.1, 0.15) is 47.0 Å². The molecule has 0 rings (SSSR count). The molecule has 14 nitrogen and oxygen atoms in total. The molecular weight excluding hydrogens is 450 g/mol. The third kappa shape index (κ3) is 10.8. The Labute approximate surface area is 198 Å². The number of carbonyl (C=O) groups excluding carboxylic acids is 3. The molecule has 0 aromatic heterocycles. The highest BCUT2D eigenvalue weighted by molar-refractivity contribution is 5.94. The first kappa shape index (κ1) is 31.0. The number of aliphatic hydroxyl groups excluding tert-OH is 2. The second kappa shape index (κ2) is 15.0. The lowest BCUT2D eigenvalue weighted by Crippen LogP contribution is -2.61. The summed E-state index contributed by atoms with van der Waals surface area (Å²) in [7, 11) is 0. The van der Waals surface area contributed by atoms with Gasteiger partial charge in [0.2, 0.25) is 17.7 Å². The van der Waals surface area contributed by atoms with Crippen molar-refractivity contribution >= 4 is 29.7 Å². The molecule has 0 radical (unpaired) electrons. The van der Waals surface area contributed by atoms with E-state index in [9.17, 15) is 34.5 Å². The fourth-order valence-electron chi connectivity index (χ4n) is 2.89. The minimum absolute atomic E-state index is 0.0908. The molecule has 14 heteroatoms. The molecule has 0 aromatic carbocycles. The predicted octanol–water partition coefficient (Wildman–Crippen LogP) is -3.29. The number of aliphatic hydroxyl groups is 2. The molecule has 0 aliphatic rings. The third-order valence-electron chi connectivity index (χ3n) is 5.21. The van der Waals surface area contributed by atoms with Gasteiger partial charge in [0.05, 0.1) is 18.2 Å². The number of carboxylic acid groups (broad SMARTS) is 1. The van der Waals surface area contributed by atoms with Gasteiger partial charge < -0.3 is 48.5 Å². The molecule has 7 unspecified atom stereocenters. The SMILES string of the molecule is CCC(C)C(NC(=O)C(NC(=O)C(N)CCCN=C(N)N)C(C)O)C(=O)NC(C(=O)O)C(C)O. The summed E-state index contributed by atoms with van der Waals surface area (Å²) >= 11 is 0. The van der Waals surface area contributed by atoms with E-state index in [1.807, 2.05) is 0 Å². The molecule has 34 heavy (non-hydrogen) atoms. The Morgan fingerprint density at radius 2 is 1.32 bits per heavy atom. The average molecular weight is 490 g/mol. The highest BCUT2D eigenvalue weighted by Crippen LogP contribution is 2.10. The number of carbonyl (C=O) groups is 4. The lowest BCUT2D eigenvalue weighted by atomic mass is 9.96. The zero-order valence-electron chi connectivity index (χ0n) is 20.0. The monoisotopic (exact) mass is 489 g/mol. The van der Waals surface area contributed by atoms with Crippen LogP contribution in [0.3, 0.4) is 0 Å². The zero-order valence-corrected chi connectivity index (χ0v) is 20.0. The summed E-state index contributed by atoms with van der Waals surface area (Å²) < 4.78 is 0. The molecule has 3 amide bonds. The first-order valence-corrected chi connectivity index (χ1v) is 11.0. The third-order valence-corrected chi connectivity index (χ3v) is 5.21. The number of hydrogen-bond acceptors (Lipinski definition) is 8. The Bertz CT molecular complexity index is 726. The largest absolute Gasteiger partial charge is 0.480 e. The molecule has 7 atom stereocenters. The normalized spacial score (nSPS) is 17.1. The summed E-state index contributed by atoms with van der Waals surface area (Å²) in [5.74, 6) is -4.36. The maximum absolute atomic E-state index is 12.8. The first-order valence-electron chi connectivity index (χ1n) is 11.0. The van der Waals surface area contributed by atoms with Crippen LogP contribution in [-0.2, 0) is 19.2 Å². The van der Waals surface area contributed by atoms with Crippen LogP contribution in [0.15, 0.2) is 4.99 Å². The minimum atomic E-state index is -1.58. The molecule has 0 aliphatic carbocycles. The van der Waals surface area contributed by atoms with E-state index in [1.165, 1.54) is 13.8 Å². The smallest absolute Gasteiger partial charge is 0.328 e. The molecule has 196 valence electrons. The van der Waals surface area contributed by atoms with Crippen molar-refractivity contribution in [2.45, 2.75) is 83.3 Å². The summed E-state index contributed by atoms with van der Waals surface area (Å²) in [4.78, 5) is 53.1. The number of rotatable bonds is 15. The van der Waals surface area contributed by atoms with Gasteiger partial charge in [-0.15, -0.1) is 0 Å². The Balaban J connectivity index is 5.34. The van der Waals surface area contributed by atoms with Gasteiger partial charge in [-0.3, -0.25) is 19.4 Å². The van der Waals surface area contributed by atoms with Crippen LogP contribution in [0.25, 0.3) is 0 Å². The van der Waals surface area contributed by atoms with Crippen molar-refractivity contribution in [3.05, 3.63) is 0 Å². The Kier molecular flexibility index (Phi) is 13.7. The van der Waals surface area contributed by atoms with Gasteiger partial charge in [0.1, 0.15) is 12.1 Å². The first-order chi connectivity index (χ1) is 15.7. The summed E-state index contributed by atoms with van der Waals surface area (Å²) in [6.45, 7) is 6.16. The average Bonchev–Trinajstić information content (AvgIpc) is 2.74. The molecule has 12 N–H and O–H groups in total. The van der Waals surface area contributed by atoms with E-state index >= 15 is 0 Å². The van der Waals surface area contributed by atoms with Crippen LogP contribution < -0.4 is 33.2 Å². The van der Waals surface area contributed by atoms with Crippen molar-refractivity contribution in [2.24, 2.45) is 28.1 Å². The van der Waals surface area contributed by atoms with Gasteiger partial charge in [-0.1, -0.05) is 20.3 Å². The van der Waals surface area contributed by atoms with Crippen molar-refractivity contribution in [1.82, 2.24) is 16.0 Å². The second-order valence-corrected chi connectivity index (χ2v) is 8.22. The van der Waals surface area contributed by atoms with Crippen LogP contribution in [0.2, 0.25) is 0 Å². The number of amides is 3. The van der Waals surface area contributed by atoms with Gasteiger partial charge in [0.15, 0.2) is 12.0 Å². The van der Waals surface area contributed by atoms with Crippen LogP contribution in [-0.4, -0.2) is 87.9 Å². The summed E-state index contributed by atoms with van der Waals surface area (Å²) in [6, 6.07) is -5.20. The maximum atomic E-state index is 12.8. The summed E-state index contributed by atoms with van der Waals surface area (Å²) in [6.07, 6.45) is -1.65. The van der Waals surface area contributed by atoms with Gasteiger partial charge in [-0.2, -0.15) is 0 Å². The van der Waals surface area contributed by atoms with E-state index in [0.717, 1.165) is 0 Å². The minimum Gasteiger partial charge on any atom is -0.480 e. The number of aliphatic imine (C=N–C) groups is 1. The number of nitrogens with zero attached hydrogens (tertiary/aromatic N) is 1. The number of nitrogens with two attached hydrogens (primary N) is 3. The molecule has 0 saturated heterocycles. The highest BCUT2D eigenvalue weighted by atomic mass is 16.4. The van der Waals surface area contributed by atoms with Crippen LogP contribution in [0.5, 0.6) is 0 Å². The molecule has 0 heterocycles. The Hall–Kier alpha value is -2.97. The number of aliphatic carboxylic acids is 1. The molecule has 0 bridgehead atoms. The zero-order chi connectivity index (χ0) is 26.6. The van der Waals surface area contributed by atoms with Crippen molar-refractivity contribution in [3.8, 4) is 0 Å². The van der Waals surface area contributed by atoms with Crippen molar-refractivity contribution < 1.29 is 34.5 Å². The van der Waals surface area contributed by atoms with Gasteiger partial charge in [-0.25, -0.2) is 4.79 Å². The predicted molar refractivity (Wildman–Crippen MR) is 124 cm³/mol. The van der Waals surface area contributed by atoms with Crippen molar-refractivity contribution in [2.75, 3.05) is 6.54 Å². The van der Waals surface area contributed by atoms with Gasteiger partial charge in [0, 0.05) is 6.54 Å². The van der Waals surface area contributed by atoms with Gasteiger partial charge in [0.25, 0.3) is 0 Å². The van der Waals surface area contributed by atoms with E-state index in [1.54, 1.807) is 13.8 Å². The lowest BCUT2D eigenvalue weighted by Gasteiger charge is -2.29. The fourth-order valence-corrected chi connectivity index (χ4v) is 2.89. The Morgan fingerprint density at radius 1 is 0.853 bits per heavy atom. The highest BCUT2D eigenvalue weighted by Gasteiger charge is 2.35. The molecule has 0 aliphatic heterocycles. The summed E-state index contributed by atoms with van der Waals surface area (Å²) in [5, 5.41) is 35.9. The second-order valence-electron chi connectivity index (χ2n) is 8.22. The topological polar surface area (TPSA) is 255 Å². The Morgan fingerprint density at radius 3 is 1.76 bits per heavy atom.